The molecule has 0 amide bonds. The third kappa shape index (κ3) is 2.46. The van der Waals surface area contributed by atoms with Crippen molar-refractivity contribution in [2.45, 2.75) is 45.4 Å². The van der Waals surface area contributed by atoms with Crippen LogP contribution in [0.15, 0.2) is 23.7 Å². The number of hydrogen-bond donors (Lipinski definition) is 2. The largest absolute Gasteiger partial charge is 0.394 e. The molecule has 2 aromatic rings. The monoisotopic (exact) mass is 320 g/mol. The maximum absolute atomic E-state index is 9.94. The van der Waals surface area contributed by atoms with Gasteiger partial charge in [-0.2, -0.15) is 0 Å². The summed E-state index contributed by atoms with van der Waals surface area (Å²) in [6, 6.07) is 4.21. The number of fused-ring (bicyclic) bond motifs is 1. The lowest BCUT2D eigenvalue weighted by atomic mass is 9.54. The third-order valence-corrected chi connectivity index (χ3v) is 6.05. The van der Waals surface area contributed by atoms with Gasteiger partial charge in [0.2, 0.25) is 0 Å². The van der Waals surface area contributed by atoms with Gasteiger partial charge in [-0.3, -0.25) is 4.98 Å². The van der Waals surface area contributed by atoms with E-state index in [0.29, 0.717) is 13.2 Å². The van der Waals surface area contributed by atoms with Crippen molar-refractivity contribution in [1.82, 2.24) is 10.3 Å². The molecular weight excluding hydrogens is 296 g/mol. The number of aliphatic hydroxyl groups excluding tert-OH is 1. The lowest BCUT2D eigenvalue weighted by Crippen LogP contribution is -2.73. The highest BCUT2D eigenvalue weighted by molar-refractivity contribution is 7.17. The molecule has 0 saturated heterocycles. The first-order valence-corrected chi connectivity index (χ1v) is 8.70. The lowest BCUT2D eigenvalue weighted by Gasteiger charge is -2.60. The second-order valence-electron chi connectivity index (χ2n) is 6.61. The zero-order valence-corrected chi connectivity index (χ0v) is 14.2. The van der Waals surface area contributed by atoms with Crippen LogP contribution >= 0.6 is 11.3 Å². The minimum atomic E-state index is -0.281. The Morgan fingerprint density at radius 1 is 1.50 bits per heavy atom. The van der Waals surface area contributed by atoms with E-state index in [1.165, 1.54) is 4.70 Å². The Hall–Kier alpha value is -1.01. The van der Waals surface area contributed by atoms with Crippen LogP contribution in [0.5, 0.6) is 0 Å². The van der Waals surface area contributed by atoms with Gasteiger partial charge in [0.1, 0.15) is 0 Å². The summed E-state index contributed by atoms with van der Waals surface area (Å²) >= 11 is 1.71. The molecule has 2 unspecified atom stereocenters. The van der Waals surface area contributed by atoms with Gasteiger partial charge < -0.3 is 15.2 Å². The molecule has 0 bridgehead atoms. The van der Waals surface area contributed by atoms with Gasteiger partial charge in [-0.1, -0.05) is 13.8 Å². The molecule has 2 atom stereocenters. The standard InChI is InChI=1S/C17H24N2O2S/c1-4-21-15-8-17(11-20,16(15,2)3)19-10-12-7-14-13(18-9-12)5-6-22-14/h5-7,9,15,19-20H,4,8,10-11H2,1-3H3. The van der Waals surface area contributed by atoms with Crippen LogP contribution in [0.2, 0.25) is 0 Å². The molecule has 1 saturated carbocycles. The predicted octanol–water partition coefficient (Wildman–Crippen LogP) is 2.95. The number of nitrogens with zero attached hydrogens (tertiary/aromatic N) is 1. The van der Waals surface area contributed by atoms with Gasteiger partial charge in [0.05, 0.1) is 28.5 Å². The molecule has 1 aliphatic rings. The third-order valence-electron chi connectivity index (χ3n) is 5.20. The fourth-order valence-corrected chi connectivity index (χ4v) is 4.16. The van der Waals surface area contributed by atoms with E-state index in [9.17, 15) is 5.11 Å². The normalized spacial score (nSPS) is 27.0. The van der Waals surface area contributed by atoms with Crippen LogP contribution in [0.3, 0.4) is 0 Å². The Balaban J connectivity index is 1.71. The summed E-state index contributed by atoms with van der Waals surface area (Å²) in [6.45, 7) is 7.91. The van der Waals surface area contributed by atoms with E-state index < -0.39 is 0 Å². The lowest BCUT2D eigenvalue weighted by molar-refractivity contribution is -0.177. The summed E-state index contributed by atoms with van der Waals surface area (Å²) < 4.78 is 6.99. The quantitative estimate of drug-likeness (QED) is 0.859. The van der Waals surface area contributed by atoms with Crippen molar-refractivity contribution in [3.05, 3.63) is 29.3 Å². The number of thiophene rings is 1. The van der Waals surface area contributed by atoms with Gasteiger partial charge in [-0.15, -0.1) is 11.3 Å². The summed E-state index contributed by atoms with van der Waals surface area (Å²) in [5.41, 5.74) is 1.83. The highest BCUT2D eigenvalue weighted by Crippen LogP contribution is 2.51. The van der Waals surface area contributed by atoms with Crippen LogP contribution in [0.4, 0.5) is 0 Å². The number of nitrogens with one attached hydrogen (secondary N) is 1. The van der Waals surface area contributed by atoms with E-state index in [0.717, 1.165) is 17.5 Å². The number of hydrogen-bond acceptors (Lipinski definition) is 5. The maximum Gasteiger partial charge on any atom is 0.0809 e. The predicted molar refractivity (Wildman–Crippen MR) is 90.1 cm³/mol. The molecule has 120 valence electrons. The van der Waals surface area contributed by atoms with Crippen molar-refractivity contribution in [2.75, 3.05) is 13.2 Å². The van der Waals surface area contributed by atoms with Crippen molar-refractivity contribution in [2.24, 2.45) is 5.41 Å². The van der Waals surface area contributed by atoms with Crippen LogP contribution in [0.1, 0.15) is 32.8 Å². The summed E-state index contributed by atoms with van der Waals surface area (Å²) in [4.78, 5) is 4.48. The molecule has 22 heavy (non-hydrogen) atoms. The molecule has 1 fully saturated rings. The van der Waals surface area contributed by atoms with Crippen LogP contribution in [0.25, 0.3) is 10.2 Å². The molecule has 3 rings (SSSR count). The summed E-state index contributed by atoms with van der Waals surface area (Å²) in [6.07, 6.45) is 2.97. The van der Waals surface area contributed by atoms with Gasteiger partial charge in [-0.25, -0.2) is 0 Å². The summed E-state index contributed by atoms with van der Waals surface area (Å²) in [5, 5.41) is 15.6. The smallest absolute Gasteiger partial charge is 0.0809 e. The van der Waals surface area contributed by atoms with Gasteiger partial charge >= 0.3 is 0 Å². The molecule has 0 aromatic carbocycles. The number of ether oxygens (including phenoxy) is 1. The maximum atomic E-state index is 9.94. The van der Waals surface area contributed by atoms with Crippen molar-refractivity contribution in [1.29, 1.82) is 0 Å². The zero-order valence-electron chi connectivity index (χ0n) is 13.4. The highest BCUT2D eigenvalue weighted by Gasteiger charge is 2.60. The van der Waals surface area contributed by atoms with E-state index in [-0.39, 0.29) is 23.7 Å². The van der Waals surface area contributed by atoms with Crippen LogP contribution in [-0.4, -0.2) is 34.9 Å². The van der Waals surface area contributed by atoms with E-state index >= 15 is 0 Å². The molecule has 0 aliphatic heterocycles. The Labute approximate surface area is 135 Å². The summed E-state index contributed by atoms with van der Waals surface area (Å²) in [5.74, 6) is 0. The fraction of sp³-hybridized carbons (Fsp3) is 0.588. The molecule has 0 radical (unpaired) electrons. The molecule has 2 aromatic heterocycles. The minimum Gasteiger partial charge on any atom is -0.394 e. The van der Waals surface area contributed by atoms with E-state index in [1.807, 2.05) is 19.2 Å². The average Bonchev–Trinajstić information content (AvgIpc) is 2.97. The Kier molecular flexibility index (Phi) is 4.25. The van der Waals surface area contributed by atoms with Crippen LogP contribution in [0, 0.1) is 5.41 Å². The van der Waals surface area contributed by atoms with Crippen LogP contribution < -0.4 is 5.32 Å². The van der Waals surface area contributed by atoms with Gasteiger partial charge in [-0.05, 0) is 36.4 Å². The number of aliphatic hydroxyl groups is 1. The molecule has 2 heterocycles. The van der Waals surface area contributed by atoms with Crippen LogP contribution in [-0.2, 0) is 11.3 Å². The first-order chi connectivity index (χ1) is 10.5. The molecule has 0 spiro atoms. The highest BCUT2D eigenvalue weighted by atomic mass is 32.1. The van der Waals surface area contributed by atoms with Gasteiger partial charge in [0.25, 0.3) is 0 Å². The topological polar surface area (TPSA) is 54.4 Å². The summed E-state index contributed by atoms with van der Waals surface area (Å²) in [7, 11) is 0. The number of rotatable bonds is 6. The molecule has 1 aliphatic carbocycles. The number of pyridine rings is 1. The first kappa shape index (κ1) is 15.9. The molecular formula is C17H24N2O2S. The van der Waals surface area contributed by atoms with Crippen molar-refractivity contribution in [3.8, 4) is 0 Å². The second-order valence-corrected chi connectivity index (χ2v) is 7.56. The SMILES string of the molecule is CCOC1CC(CO)(NCc2cnc3ccsc3c2)C1(C)C. The molecule has 5 heteroatoms. The van der Waals surface area contributed by atoms with E-state index in [4.69, 9.17) is 4.74 Å². The first-order valence-electron chi connectivity index (χ1n) is 7.82. The fourth-order valence-electron chi connectivity index (χ4n) is 3.36. The van der Waals surface area contributed by atoms with Crippen molar-refractivity contribution < 1.29 is 9.84 Å². The van der Waals surface area contributed by atoms with E-state index in [2.05, 4.69) is 35.6 Å². The zero-order chi connectivity index (χ0) is 15.8. The Bertz CT molecular complexity index is 655. The minimum absolute atomic E-state index is 0.0851. The van der Waals surface area contributed by atoms with Crippen molar-refractivity contribution >= 4 is 21.6 Å². The number of aromatic nitrogens is 1. The van der Waals surface area contributed by atoms with Gasteiger partial charge in [0, 0.05) is 24.8 Å². The van der Waals surface area contributed by atoms with Crippen molar-refractivity contribution in [3.63, 3.8) is 0 Å². The van der Waals surface area contributed by atoms with Gasteiger partial charge in [0.15, 0.2) is 0 Å². The Morgan fingerprint density at radius 2 is 2.32 bits per heavy atom. The molecule has 2 N–H and O–H groups in total. The van der Waals surface area contributed by atoms with E-state index in [1.54, 1.807) is 11.3 Å². The average molecular weight is 320 g/mol. The Morgan fingerprint density at radius 3 is 3.00 bits per heavy atom. The second kappa shape index (κ2) is 5.89. The molecule has 4 nitrogen and oxygen atoms in total.